The quantitative estimate of drug-likeness (QED) is 0.812. The van der Waals surface area contributed by atoms with Gasteiger partial charge in [-0.15, -0.1) is 0 Å². The van der Waals surface area contributed by atoms with Gasteiger partial charge in [0.25, 0.3) is 0 Å². The minimum Gasteiger partial charge on any atom is -0.481 e. The van der Waals surface area contributed by atoms with E-state index in [1.165, 1.54) is 27.7 Å². The normalized spacial score (nSPS) is 12.4. The molecule has 0 atom stereocenters. The minimum absolute atomic E-state index is 0.248. The van der Waals surface area contributed by atoms with E-state index in [1.54, 1.807) is 0 Å². The van der Waals surface area contributed by atoms with Gasteiger partial charge < -0.3 is 15.3 Å². The first-order valence-electron chi connectivity index (χ1n) is 5.71. The first-order valence-corrected chi connectivity index (χ1v) is 5.71. The third kappa shape index (κ3) is 6.30. The number of urea groups is 1. The first-order chi connectivity index (χ1) is 8.37. The second-order valence-electron chi connectivity index (χ2n) is 5.18. The molecule has 0 aliphatic carbocycles. The van der Waals surface area contributed by atoms with Crippen molar-refractivity contribution >= 4 is 12.0 Å². The molecule has 112 valence electrons. The van der Waals surface area contributed by atoms with E-state index < -0.39 is 36.2 Å². The molecule has 0 bridgehead atoms. The molecule has 0 fully saturated rings. The Kier molecular flexibility index (Phi) is 5.64. The molecule has 0 saturated carbocycles. The topological polar surface area (TPSA) is 69.6 Å². The van der Waals surface area contributed by atoms with Crippen molar-refractivity contribution in [3.63, 3.8) is 0 Å². The SMILES string of the molecule is CC(C)N(CC(F)(F)F)C(=O)NCC(C)(C)C(=O)O. The van der Waals surface area contributed by atoms with E-state index in [1.807, 2.05) is 0 Å². The third-order valence-electron chi connectivity index (χ3n) is 2.49. The molecule has 0 aromatic carbocycles. The number of carbonyl (C=O) groups is 2. The van der Waals surface area contributed by atoms with Crippen LogP contribution in [0.4, 0.5) is 18.0 Å². The number of carbonyl (C=O) groups excluding carboxylic acids is 1. The standard InChI is InChI=1S/C11H19F3N2O3/c1-7(2)16(6-11(12,13)14)9(19)15-5-10(3,4)8(17)18/h7H,5-6H2,1-4H3,(H,15,19)(H,17,18). The summed E-state index contributed by atoms with van der Waals surface area (Å²) >= 11 is 0. The van der Waals surface area contributed by atoms with Crippen LogP contribution in [0.1, 0.15) is 27.7 Å². The molecule has 0 unspecified atom stereocenters. The van der Waals surface area contributed by atoms with Crippen LogP contribution in [0.15, 0.2) is 0 Å². The summed E-state index contributed by atoms with van der Waals surface area (Å²) in [6.45, 7) is 4.03. The van der Waals surface area contributed by atoms with E-state index >= 15 is 0 Å². The Balaban J connectivity index is 4.64. The second-order valence-corrected chi connectivity index (χ2v) is 5.18. The second kappa shape index (κ2) is 6.12. The van der Waals surface area contributed by atoms with Crippen LogP contribution in [0.5, 0.6) is 0 Å². The number of nitrogens with zero attached hydrogens (tertiary/aromatic N) is 1. The zero-order valence-electron chi connectivity index (χ0n) is 11.3. The number of alkyl halides is 3. The Morgan fingerprint density at radius 1 is 1.26 bits per heavy atom. The monoisotopic (exact) mass is 284 g/mol. The van der Waals surface area contributed by atoms with Gasteiger partial charge in [-0.25, -0.2) is 4.79 Å². The number of rotatable bonds is 5. The minimum atomic E-state index is -4.50. The summed E-state index contributed by atoms with van der Waals surface area (Å²) < 4.78 is 36.9. The predicted octanol–water partition coefficient (Wildman–Crippen LogP) is 2.08. The van der Waals surface area contributed by atoms with E-state index in [0.29, 0.717) is 4.90 Å². The molecule has 0 aliphatic heterocycles. The summed E-state index contributed by atoms with van der Waals surface area (Å²) in [7, 11) is 0. The van der Waals surface area contributed by atoms with Gasteiger partial charge in [0.1, 0.15) is 6.54 Å². The summed E-state index contributed by atoms with van der Waals surface area (Å²) in [4.78, 5) is 23.1. The smallest absolute Gasteiger partial charge is 0.406 e. The molecule has 2 amide bonds. The number of nitrogens with one attached hydrogen (secondary N) is 1. The first kappa shape index (κ1) is 17.5. The lowest BCUT2D eigenvalue weighted by Gasteiger charge is -2.29. The maximum atomic E-state index is 12.3. The van der Waals surface area contributed by atoms with Crippen molar-refractivity contribution in [2.24, 2.45) is 5.41 Å². The highest BCUT2D eigenvalue weighted by molar-refractivity contribution is 5.77. The Bertz CT molecular complexity index is 341. The van der Waals surface area contributed by atoms with E-state index in [4.69, 9.17) is 5.11 Å². The van der Waals surface area contributed by atoms with Crippen LogP contribution in [0.25, 0.3) is 0 Å². The summed E-state index contributed by atoms with van der Waals surface area (Å²) in [5.41, 5.74) is -1.24. The Morgan fingerprint density at radius 3 is 2.05 bits per heavy atom. The number of halogens is 3. The fraction of sp³-hybridized carbons (Fsp3) is 0.818. The van der Waals surface area contributed by atoms with Crippen LogP contribution < -0.4 is 5.32 Å². The molecular weight excluding hydrogens is 265 g/mol. The lowest BCUT2D eigenvalue weighted by atomic mass is 9.94. The summed E-state index contributed by atoms with van der Waals surface area (Å²) in [5, 5.41) is 11.1. The van der Waals surface area contributed by atoms with Gasteiger partial charge in [-0.05, 0) is 27.7 Å². The average Bonchev–Trinajstić information content (AvgIpc) is 2.21. The van der Waals surface area contributed by atoms with Crippen molar-refractivity contribution in [2.75, 3.05) is 13.1 Å². The van der Waals surface area contributed by atoms with Crippen LogP contribution in [-0.4, -0.2) is 47.3 Å². The zero-order chi connectivity index (χ0) is 15.4. The molecule has 0 aromatic rings. The molecule has 0 radical (unpaired) electrons. The molecule has 0 aliphatic rings. The highest BCUT2D eigenvalue weighted by atomic mass is 19.4. The van der Waals surface area contributed by atoms with Crippen LogP contribution in [0.3, 0.4) is 0 Å². The highest BCUT2D eigenvalue weighted by Crippen LogP contribution is 2.19. The molecule has 19 heavy (non-hydrogen) atoms. The lowest BCUT2D eigenvalue weighted by Crippen LogP contribution is -2.50. The number of amides is 2. The molecule has 0 rings (SSSR count). The van der Waals surface area contributed by atoms with Crippen molar-refractivity contribution < 1.29 is 27.9 Å². The number of carboxylic acids is 1. The van der Waals surface area contributed by atoms with Crippen LogP contribution in [0.2, 0.25) is 0 Å². The van der Waals surface area contributed by atoms with E-state index in [-0.39, 0.29) is 6.54 Å². The van der Waals surface area contributed by atoms with Gasteiger partial charge in [0, 0.05) is 12.6 Å². The van der Waals surface area contributed by atoms with E-state index in [2.05, 4.69) is 5.32 Å². The lowest BCUT2D eigenvalue weighted by molar-refractivity contribution is -0.147. The summed E-state index contributed by atoms with van der Waals surface area (Å²) in [6, 6.07) is -1.57. The van der Waals surface area contributed by atoms with Gasteiger partial charge in [0.15, 0.2) is 0 Å². The van der Waals surface area contributed by atoms with Gasteiger partial charge in [-0.1, -0.05) is 0 Å². The maximum absolute atomic E-state index is 12.3. The fourth-order valence-electron chi connectivity index (χ4n) is 1.16. The van der Waals surface area contributed by atoms with Crippen molar-refractivity contribution in [1.29, 1.82) is 0 Å². The number of aliphatic carboxylic acids is 1. The van der Waals surface area contributed by atoms with Gasteiger partial charge in [-0.2, -0.15) is 13.2 Å². The van der Waals surface area contributed by atoms with Gasteiger partial charge >= 0.3 is 18.2 Å². The zero-order valence-corrected chi connectivity index (χ0v) is 11.3. The third-order valence-corrected chi connectivity index (χ3v) is 2.49. The molecular formula is C11H19F3N2O3. The Labute approximate surface area is 109 Å². The van der Waals surface area contributed by atoms with Crippen molar-refractivity contribution in [1.82, 2.24) is 10.2 Å². The van der Waals surface area contributed by atoms with E-state index in [9.17, 15) is 22.8 Å². The molecule has 0 spiro atoms. The summed E-state index contributed by atoms with van der Waals surface area (Å²) in [6.07, 6.45) is -4.50. The average molecular weight is 284 g/mol. The highest BCUT2D eigenvalue weighted by Gasteiger charge is 2.35. The largest absolute Gasteiger partial charge is 0.481 e. The van der Waals surface area contributed by atoms with Crippen LogP contribution in [0, 0.1) is 5.41 Å². The molecule has 2 N–H and O–H groups in total. The van der Waals surface area contributed by atoms with Gasteiger partial charge in [0.2, 0.25) is 0 Å². The number of carboxylic acid groups (broad SMARTS) is 1. The van der Waals surface area contributed by atoms with Crippen molar-refractivity contribution in [3.8, 4) is 0 Å². The predicted molar refractivity (Wildman–Crippen MR) is 62.7 cm³/mol. The van der Waals surface area contributed by atoms with Gasteiger partial charge in [0.05, 0.1) is 5.41 Å². The van der Waals surface area contributed by atoms with Crippen molar-refractivity contribution in [3.05, 3.63) is 0 Å². The Morgan fingerprint density at radius 2 is 1.74 bits per heavy atom. The van der Waals surface area contributed by atoms with E-state index in [0.717, 1.165) is 0 Å². The fourth-order valence-corrected chi connectivity index (χ4v) is 1.16. The summed E-state index contributed by atoms with van der Waals surface area (Å²) in [5.74, 6) is -1.14. The van der Waals surface area contributed by atoms with Gasteiger partial charge in [-0.3, -0.25) is 4.79 Å². The van der Waals surface area contributed by atoms with Crippen LogP contribution in [-0.2, 0) is 4.79 Å². The Hall–Kier alpha value is -1.47. The molecule has 0 heterocycles. The number of hydrogen-bond acceptors (Lipinski definition) is 2. The molecule has 0 aromatic heterocycles. The van der Waals surface area contributed by atoms with Crippen molar-refractivity contribution in [2.45, 2.75) is 39.9 Å². The molecule has 0 saturated heterocycles. The maximum Gasteiger partial charge on any atom is 0.406 e. The number of hydrogen-bond donors (Lipinski definition) is 2. The molecule has 5 nitrogen and oxygen atoms in total. The molecule has 8 heteroatoms. The van der Waals surface area contributed by atoms with Crippen LogP contribution >= 0.6 is 0 Å².